The average molecular weight is 338 g/mol. The molecule has 1 heterocycles. The predicted octanol–water partition coefficient (Wildman–Crippen LogP) is 2.10. The number of aryl methyl sites for hydroxylation is 1. The molecule has 0 atom stereocenters. The Labute approximate surface area is 134 Å². The Balaban J connectivity index is 2.38. The first-order valence-electron chi connectivity index (χ1n) is 6.74. The van der Waals surface area contributed by atoms with Crippen molar-refractivity contribution in [2.24, 2.45) is 0 Å². The van der Waals surface area contributed by atoms with Crippen LogP contribution in [0.4, 0.5) is 5.69 Å². The highest BCUT2D eigenvalue weighted by atomic mass is 32.2. The lowest BCUT2D eigenvalue weighted by Crippen LogP contribution is -2.22. The minimum atomic E-state index is -3.62. The van der Waals surface area contributed by atoms with Crippen LogP contribution < -0.4 is 10.1 Å². The van der Waals surface area contributed by atoms with E-state index in [0.717, 1.165) is 4.31 Å². The molecule has 1 amide bonds. The summed E-state index contributed by atoms with van der Waals surface area (Å²) in [6, 6.07) is 7.46. The molecule has 0 saturated carbocycles. The maximum atomic E-state index is 12.2. The number of hydrogen-bond donors (Lipinski definition) is 1. The third-order valence-corrected chi connectivity index (χ3v) is 4.97. The standard InChI is InChI=1S/C15H18N2O5S/c1-10-5-7-14(22-10)15(18)16-12-9-11(6-8-13(12)21-4)23(19,20)17(2)3/h5-9H,1-4H3,(H,16,18). The summed E-state index contributed by atoms with van der Waals surface area (Å²) in [5.74, 6) is 0.589. The van der Waals surface area contributed by atoms with Gasteiger partial charge < -0.3 is 14.5 Å². The number of anilines is 1. The van der Waals surface area contributed by atoms with Crippen molar-refractivity contribution in [2.45, 2.75) is 11.8 Å². The van der Waals surface area contributed by atoms with Gasteiger partial charge in [0.25, 0.3) is 5.91 Å². The van der Waals surface area contributed by atoms with E-state index in [1.807, 2.05) is 0 Å². The van der Waals surface area contributed by atoms with E-state index < -0.39 is 15.9 Å². The molecule has 1 aromatic heterocycles. The van der Waals surface area contributed by atoms with Gasteiger partial charge in [-0.2, -0.15) is 0 Å². The quantitative estimate of drug-likeness (QED) is 0.902. The highest BCUT2D eigenvalue weighted by molar-refractivity contribution is 7.89. The van der Waals surface area contributed by atoms with Crippen LogP contribution in [0.1, 0.15) is 16.3 Å². The number of carbonyl (C=O) groups excluding carboxylic acids is 1. The van der Waals surface area contributed by atoms with Gasteiger partial charge in [-0.15, -0.1) is 0 Å². The summed E-state index contributed by atoms with van der Waals surface area (Å²) in [5, 5.41) is 2.60. The second-order valence-corrected chi connectivity index (χ2v) is 7.17. The van der Waals surface area contributed by atoms with Crippen LogP contribution in [0.5, 0.6) is 5.75 Å². The minimum absolute atomic E-state index is 0.0502. The van der Waals surface area contributed by atoms with Crippen molar-refractivity contribution in [3.05, 3.63) is 41.9 Å². The Hall–Kier alpha value is -2.32. The molecule has 0 aliphatic carbocycles. The monoisotopic (exact) mass is 338 g/mol. The fourth-order valence-electron chi connectivity index (χ4n) is 1.90. The molecule has 8 heteroatoms. The van der Waals surface area contributed by atoms with Gasteiger partial charge in [0.15, 0.2) is 5.76 Å². The van der Waals surface area contributed by atoms with E-state index in [4.69, 9.17) is 9.15 Å². The number of nitrogens with zero attached hydrogens (tertiary/aromatic N) is 1. The van der Waals surface area contributed by atoms with E-state index in [0.29, 0.717) is 11.5 Å². The number of amides is 1. The van der Waals surface area contributed by atoms with Crippen LogP contribution in [0.3, 0.4) is 0 Å². The molecule has 23 heavy (non-hydrogen) atoms. The van der Waals surface area contributed by atoms with E-state index in [9.17, 15) is 13.2 Å². The van der Waals surface area contributed by atoms with Gasteiger partial charge in [-0.1, -0.05) is 0 Å². The van der Waals surface area contributed by atoms with Crippen molar-refractivity contribution in [3.8, 4) is 5.75 Å². The molecule has 0 spiro atoms. The molecular weight excluding hydrogens is 320 g/mol. The molecule has 0 unspecified atom stereocenters. The minimum Gasteiger partial charge on any atom is -0.495 e. The van der Waals surface area contributed by atoms with Crippen molar-refractivity contribution in [2.75, 3.05) is 26.5 Å². The van der Waals surface area contributed by atoms with Crippen LogP contribution in [0, 0.1) is 6.92 Å². The van der Waals surface area contributed by atoms with E-state index in [2.05, 4.69) is 5.32 Å². The van der Waals surface area contributed by atoms with Crippen LogP contribution >= 0.6 is 0 Å². The highest BCUT2D eigenvalue weighted by Crippen LogP contribution is 2.29. The SMILES string of the molecule is COc1ccc(S(=O)(=O)N(C)C)cc1NC(=O)c1ccc(C)o1. The van der Waals surface area contributed by atoms with Gasteiger partial charge in [-0.3, -0.25) is 4.79 Å². The number of ether oxygens (including phenoxy) is 1. The van der Waals surface area contributed by atoms with Crippen LogP contribution in [0.25, 0.3) is 0 Å². The smallest absolute Gasteiger partial charge is 0.291 e. The Bertz CT molecular complexity index is 824. The number of hydrogen-bond acceptors (Lipinski definition) is 5. The number of methoxy groups -OCH3 is 1. The largest absolute Gasteiger partial charge is 0.495 e. The second-order valence-electron chi connectivity index (χ2n) is 5.01. The van der Waals surface area contributed by atoms with Crippen molar-refractivity contribution < 1.29 is 22.4 Å². The predicted molar refractivity (Wildman–Crippen MR) is 85.3 cm³/mol. The molecule has 0 radical (unpaired) electrons. The van der Waals surface area contributed by atoms with Crippen molar-refractivity contribution >= 4 is 21.6 Å². The van der Waals surface area contributed by atoms with Gasteiger partial charge in [0.2, 0.25) is 10.0 Å². The molecule has 0 bridgehead atoms. The van der Waals surface area contributed by atoms with Crippen LogP contribution in [-0.2, 0) is 10.0 Å². The fraction of sp³-hybridized carbons (Fsp3) is 0.267. The highest BCUT2D eigenvalue weighted by Gasteiger charge is 2.20. The van der Waals surface area contributed by atoms with Crippen molar-refractivity contribution in [3.63, 3.8) is 0 Å². The lowest BCUT2D eigenvalue weighted by molar-refractivity contribution is 0.0995. The summed E-state index contributed by atoms with van der Waals surface area (Å²) < 4.78 is 35.9. The van der Waals surface area contributed by atoms with E-state index >= 15 is 0 Å². The first-order chi connectivity index (χ1) is 10.8. The zero-order chi connectivity index (χ0) is 17.2. The number of nitrogens with one attached hydrogen (secondary N) is 1. The van der Waals surface area contributed by atoms with Crippen LogP contribution in [0.2, 0.25) is 0 Å². The Kier molecular flexibility index (Phi) is 4.76. The average Bonchev–Trinajstić information content (AvgIpc) is 2.93. The van der Waals surface area contributed by atoms with Gasteiger partial charge in [-0.25, -0.2) is 12.7 Å². The third kappa shape index (κ3) is 3.54. The summed E-state index contributed by atoms with van der Waals surface area (Å²) in [6.07, 6.45) is 0. The molecular formula is C15H18N2O5S. The van der Waals surface area contributed by atoms with Gasteiger partial charge in [0.05, 0.1) is 17.7 Å². The molecule has 7 nitrogen and oxygen atoms in total. The topological polar surface area (TPSA) is 88.9 Å². The molecule has 2 rings (SSSR count). The molecule has 0 saturated heterocycles. The van der Waals surface area contributed by atoms with Gasteiger partial charge in [0.1, 0.15) is 11.5 Å². The molecule has 1 N–H and O–H groups in total. The summed E-state index contributed by atoms with van der Waals surface area (Å²) in [6.45, 7) is 1.72. The summed E-state index contributed by atoms with van der Waals surface area (Å²) >= 11 is 0. The molecule has 0 fully saturated rings. The number of furan rings is 1. The number of benzene rings is 1. The van der Waals surface area contributed by atoms with Crippen LogP contribution in [0.15, 0.2) is 39.6 Å². The lowest BCUT2D eigenvalue weighted by Gasteiger charge is -2.14. The van der Waals surface area contributed by atoms with E-state index in [1.54, 1.807) is 13.0 Å². The number of carbonyl (C=O) groups is 1. The molecule has 124 valence electrons. The zero-order valence-corrected chi connectivity index (χ0v) is 14.1. The van der Waals surface area contributed by atoms with Gasteiger partial charge in [-0.05, 0) is 37.3 Å². The maximum Gasteiger partial charge on any atom is 0.291 e. The molecule has 1 aromatic carbocycles. The lowest BCUT2D eigenvalue weighted by atomic mass is 10.3. The van der Waals surface area contributed by atoms with Crippen molar-refractivity contribution in [1.82, 2.24) is 4.31 Å². The Morgan fingerprint density at radius 3 is 2.43 bits per heavy atom. The second kappa shape index (κ2) is 6.43. The Morgan fingerprint density at radius 2 is 1.91 bits per heavy atom. The van der Waals surface area contributed by atoms with E-state index in [-0.39, 0.29) is 16.3 Å². The number of sulfonamides is 1. The first-order valence-corrected chi connectivity index (χ1v) is 8.18. The van der Waals surface area contributed by atoms with E-state index in [1.165, 1.54) is 45.5 Å². The maximum absolute atomic E-state index is 12.2. The van der Waals surface area contributed by atoms with Crippen molar-refractivity contribution in [1.29, 1.82) is 0 Å². The number of rotatable bonds is 5. The third-order valence-electron chi connectivity index (χ3n) is 3.16. The van der Waals surface area contributed by atoms with Crippen LogP contribution in [-0.4, -0.2) is 39.8 Å². The molecule has 0 aliphatic rings. The molecule has 2 aromatic rings. The first kappa shape index (κ1) is 17.0. The Morgan fingerprint density at radius 1 is 1.22 bits per heavy atom. The normalized spacial score (nSPS) is 11.5. The summed E-state index contributed by atoms with van der Waals surface area (Å²) in [4.78, 5) is 12.2. The van der Waals surface area contributed by atoms with Gasteiger partial charge in [0, 0.05) is 14.1 Å². The summed E-state index contributed by atoms with van der Waals surface area (Å²) in [7, 11) is 0.683. The summed E-state index contributed by atoms with van der Waals surface area (Å²) in [5.41, 5.74) is 0.245. The fourth-order valence-corrected chi connectivity index (χ4v) is 2.82. The van der Waals surface area contributed by atoms with Gasteiger partial charge >= 0.3 is 0 Å². The molecule has 0 aliphatic heterocycles. The zero-order valence-electron chi connectivity index (χ0n) is 13.3.